The van der Waals surface area contributed by atoms with Crippen LogP contribution in [0.4, 0.5) is 0 Å². The van der Waals surface area contributed by atoms with Gasteiger partial charge >= 0.3 is 23.9 Å². The maximum Gasteiger partial charge on any atom is 0.340 e. The summed E-state index contributed by atoms with van der Waals surface area (Å²) in [6.07, 6.45) is 7.38. The Labute approximate surface area is 451 Å². The van der Waals surface area contributed by atoms with Gasteiger partial charge in [0.25, 0.3) is 0 Å². The number of allylic oxidation sites excluding steroid dienone is 2. The maximum atomic E-state index is 14.0. The summed E-state index contributed by atoms with van der Waals surface area (Å²) in [6, 6.07) is 0. The van der Waals surface area contributed by atoms with Crippen molar-refractivity contribution in [3.8, 4) is 0 Å². The number of methoxy groups -OCH3 is 2. The zero-order valence-corrected chi connectivity index (χ0v) is 45.0. The molecular weight excluding hydrogens is 993 g/mol. The molecule has 0 radical (unpaired) electrons. The van der Waals surface area contributed by atoms with E-state index in [0.717, 1.165) is 0 Å². The summed E-state index contributed by atoms with van der Waals surface area (Å²) < 4.78 is 34.3. The summed E-state index contributed by atoms with van der Waals surface area (Å²) in [7, 11) is 2.94. The summed E-state index contributed by atoms with van der Waals surface area (Å²) >= 11 is 0. The van der Waals surface area contributed by atoms with Gasteiger partial charge < -0.3 is 58.6 Å². The molecule has 18 heteroatoms. The zero-order chi connectivity index (χ0) is 56.0. The summed E-state index contributed by atoms with van der Waals surface area (Å²) in [4.78, 5) is 82.8. The summed E-state index contributed by atoms with van der Waals surface area (Å²) in [5, 5.41) is 44.9. The van der Waals surface area contributed by atoms with Crippen LogP contribution in [0.1, 0.15) is 87.5 Å². The van der Waals surface area contributed by atoms with Gasteiger partial charge in [0.15, 0.2) is 11.5 Å². The minimum absolute atomic E-state index is 0. The van der Waals surface area contributed by atoms with Gasteiger partial charge in [-0.3, -0.25) is 19.2 Å². The average molecular weight is 1070 g/mol. The molecule has 18 nitrogen and oxygen atoms in total. The smallest absolute Gasteiger partial charge is 0.340 e. The molecule has 0 aromatic carbocycles. The topological polar surface area (TPSA) is 245 Å². The van der Waals surface area contributed by atoms with Gasteiger partial charge in [0.05, 0.1) is 47.4 Å². The van der Waals surface area contributed by atoms with Crippen molar-refractivity contribution < 1.29 is 77.6 Å². The van der Waals surface area contributed by atoms with Gasteiger partial charge in [-0.1, -0.05) is 45.6 Å². The number of aliphatic hydroxyl groups is 4. The van der Waals surface area contributed by atoms with E-state index < -0.39 is 105 Å². The number of carbonyl (C=O) groups excluding carboxylic acids is 6. The third-order valence-electron chi connectivity index (χ3n) is 17.4. The van der Waals surface area contributed by atoms with E-state index in [1.807, 2.05) is 13.8 Å². The van der Waals surface area contributed by atoms with Crippen LogP contribution in [-0.2, 0) is 57.2 Å². The highest BCUT2D eigenvalue weighted by atomic mass is 16.6. The number of hydrogen-bond acceptors (Lipinski definition) is 18. The van der Waals surface area contributed by atoms with Gasteiger partial charge in [-0.2, -0.15) is 0 Å². The first-order chi connectivity index (χ1) is 35.9. The lowest BCUT2D eigenvalue weighted by atomic mass is 9.53. The van der Waals surface area contributed by atoms with Crippen molar-refractivity contribution >= 4 is 35.4 Å². The van der Waals surface area contributed by atoms with Crippen LogP contribution in [0.3, 0.4) is 0 Å². The van der Waals surface area contributed by atoms with Crippen molar-refractivity contribution in [3.63, 3.8) is 0 Å². The highest BCUT2D eigenvalue weighted by Gasteiger charge is 2.66. The fourth-order valence-corrected chi connectivity index (χ4v) is 13.9. The molecular formula is C59H78N2O16. The van der Waals surface area contributed by atoms with Crippen molar-refractivity contribution in [1.29, 1.82) is 0 Å². The van der Waals surface area contributed by atoms with Crippen molar-refractivity contribution in [1.82, 2.24) is 9.80 Å². The van der Waals surface area contributed by atoms with Crippen molar-refractivity contribution in [2.24, 2.45) is 33.5 Å². The predicted molar refractivity (Wildman–Crippen MR) is 284 cm³/mol. The number of Topliss-reactive ketones (excluding diaryl/α,β-unsaturated/α-hetero) is 2. The van der Waals surface area contributed by atoms with Crippen molar-refractivity contribution in [3.05, 3.63) is 119 Å². The Bertz CT molecular complexity index is 2490. The number of nitrogens with zero attached hydrogens (tertiary/aromatic N) is 2. The molecule has 0 spiro atoms. The first-order valence-electron chi connectivity index (χ1n) is 25.8. The second-order valence-electron chi connectivity index (χ2n) is 21.9. The summed E-state index contributed by atoms with van der Waals surface area (Å²) in [6.45, 7) is 26.5. The SMILES string of the molecule is C.C=CCN(/C=C1/C(=O)O[C@H](COC)[C@@]2(C)C1=C(O)C(=O)C1=C2[C@H](OC(C)=O)C[C@]2(C)C(O)CC[C@@H]12)CC=C.C=CCN(/C=C1\C(=O)O[C@H](COC)[C@@]2(C)C1=C(O)C(=O)C1=C2[C@H](OC(C)=O)C[C@]2(C)C(O)CC[C@@H]12)CC=C. The molecule has 0 amide bonds. The Morgan fingerprint density at radius 2 is 0.935 bits per heavy atom. The van der Waals surface area contributed by atoms with E-state index in [4.69, 9.17) is 28.4 Å². The predicted octanol–water partition coefficient (Wildman–Crippen LogP) is 6.49. The normalized spacial score (nSPS) is 34.9. The number of ether oxygens (including phenoxy) is 6. The summed E-state index contributed by atoms with van der Waals surface area (Å²) in [5.74, 6) is -5.54. The standard InChI is InChI=1S/2C29H37NO8.CH4/c2*1-7-11-30(12-8-2)14-17-23-26(34)25(33)22-18-9-10-20(32)28(18,4)13-19(37-16(3)31)24(22)29(23,5)21(15-36-6)38-27(17)35;/h2*7-8,14,18-21,32,34H,1-2,9-13,15H2,3-6H3;1H4/b17-14+;17-14-;/t2*18-,19+,20?,21+,28-,29-;/m00./s1. The molecule has 4 N–H and O–H groups in total. The Hall–Kier alpha value is -6.34. The molecule has 77 heavy (non-hydrogen) atoms. The molecule has 2 aliphatic heterocycles. The lowest BCUT2D eigenvalue weighted by Crippen LogP contribution is -2.57. The molecule has 2 saturated carbocycles. The molecule has 0 aromatic rings. The number of rotatable bonds is 16. The second-order valence-corrected chi connectivity index (χ2v) is 21.9. The zero-order valence-electron chi connectivity index (χ0n) is 45.0. The fraction of sp³-hybridized carbons (Fsp3) is 0.559. The third-order valence-corrected chi connectivity index (χ3v) is 17.4. The lowest BCUT2D eigenvalue weighted by molar-refractivity contribution is -0.161. The number of hydrogen-bond donors (Lipinski definition) is 4. The van der Waals surface area contributed by atoms with Crippen LogP contribution in [0.25, 0.3) is 0 Å². The molecule has 2 heterocycles. The molecule has 0 aromatic heterocycles. The Morgan fingerprint density at radius 3 is 1.22 bits per heavy atom. The summed E-state index contributed by atoms with van der Waals surface area (Å²) in [5.41, 5.74) is -1.97. The van der Waals surface area contributed by atoms with Crippen LogP contribution >= 0.6 is 0 Å². The first kappa shape index (κ1) is 59.9. The third kappa shape index (κ3) is 9.88. The minimum atomic E-state index is -1.24. The van der Waals surface area contributed by atoms with E-state index in [2.05, 4.69) is 26.3 Å². The van der Waals surface area contributed by atoms with E-state index in [1.165, 1.54) is 28.1 Å². The number of esters is 4. The molecule has 6 aliphatic carbocycles. The largest absolute Gasteiger partial charge is 0.504 e. The maximum absolute atomic E-state index is 14.0. The van der Waals surface area contributed by atoms with Gasteiger partial charge in [-0.15, -0.1) is 26.3 Å². The van der Waals surface area contributed by atoms with Crippen LogP contribution in [0.5, 0.6) is 0 Å². The number of aliphatic hydroxyl groups excluding tert-OH is 4. The van der Waals surface area contributed by atoms with Crippen LogP contribution in [0.15, 0.2) is 119 Å². The van der Waals surface area contributed by atoms with E-state index in [1.54, 1.807) is 60.4 Å². The number of ketones is 2. The molecule has 2 unspecified atom stereocenters. The molecule has 0 bridgehead atoms. The van der Waals surface area contributed by atoms with Crippen LogP contribution in [0, 0.1) is 33.5 Å². The Balaban J connectivity index is 0.000000246. The molecule has 420 valence electrons. The van der Waals surface area contributed by atoms with E-state index in [-0.39, 0.29) is 54.8 Å². The highest BCUT2D eigenvalue weighted by Crippen LogP contribution is 2.65. The van der Waals surface area contributed by atoms with Crippen LogP contribution < -0.4 is 0 Å². The first-order valence-corrected chi connectivity index (χ1v) is 25.8. The molecule has 4 fully saturated rings. The number of fused-ring (bicyclic) bond motifs is 8. The van der Waals surface area contributed by atoms with Gasteiger partial charge in [-0.25, -0.2) is 9.59 Å². The monoisotopic (exact) mass is 1070 g/mol. The van der Waals surface area contributed by atoms with E-state index in [0.29, 0.717) is 87.0 Å². The highest BCUT2D eigenvalue weighted by molar-refractivity contribution is 6.14. The van der Waals surface area contributed by atoms with Gasteiger partial charge in [-0.05, 0) is 75.4 Å². The molecule has 12 atom stereocenters. The van der Waals surface area contributed by atoms with E-state index in [9.17, 15) is 49.2 Å². The Morgan fingerprint density at radius 1 is 0.610 bits per heavy atom. The van der Waals surface area contributed by atoms with Gasteiger partial charge in [0.2, 0.25) is 11.6 Å². The van der Waals surface area contributed by atoms with Crippen LogP contribution in [0.2, 0.25) is 0 Å². The Kier molecular flexibility index (Phi) is 17.8. The molecule has 8 rings (SSSR count). The minimum Gasteiger partial charge on any atom is -0.504 e. The van der Waals surface area contributed by atoms with Gasteiger partial charge in [0.1, 0.15) is 24.4 Å². The van der Waals surface area contributed by atoms with E-state index >= 15 is 0 Å². The van der Waals surface area contributed by atoms with Crippen molar-refractivity contribution in [2.75, 3.05) is 53.6 Å². The molecule has 8 aliphatic rings. The number of carbonyl (C=O) groups is 6. The lowest BCUT2D eigenvalue weighted by Gasteiger charge is -2.54. The van der Waals surface area contributed by atoms with Crippen molar-refractivity contribution in [2.45, 2.75) is 124 Å². The molecule has 2 saturated heterocycles. The second kappa shape index (κ2) is 22.9. The quantitative estimate of drug-likeness (QED) is 0.0558. The van der Waals surface area contributed by atoms with Crippen LogP contribution in [-0.4, -0.2) is 156 Å². The number of cyclic esters (lactones) is 2. The average Bonchev–Trinajstić information content (AvgIpc) is 3.93. The van der Waals surface area contributed by atoms with Gasteiger partial charge in [0, 0.05) is 99.8 Å². The fourth-order valence-electron chi connectivity index (χ4n) is 13.9.